The first-order valence-electron chi connectivity index (χ1n) is 21.6. The van der Waals surface area contributed by atoms with Crippen LogP contribution < -0.4 is 10.6 Å². The molecule has 1 aliphatic carbocycles. The van der Waals surface area contributed by atoms with Crippen LogP contribution >= 0.6 is 0 Å². The molecule has 61 heavy (non-hydrogen) atoms. The summed E-state index contributed by atoms with van der Waals surface area (Å²) in [6.45, 7) is 12.5. The van der Waals surface area contributed by atoms with Gasteiger partial charge in [-0.05, 0) is 84.2 Å². The lowest BCUT2D eigenvalue weighted by molar-refractivity contribution is -0.136. The standard InChI is InChI=1S/C47H54N12O2/c1-26(2)40(56-46-48-17-7-18-49-46)44(60)58-29(6)28(5)21-38(58)42-52-24-35(54-42)32-13-9-30(10-14-32)31-11-15-33(16-12-31)36-25-53-43(55-36)39-23-34-22-37(34)59(39)45(61)41(27(3)4)57-47-50-19-8-20-51-47/h7-20,24-29,34,37-41H,21-23H2,1-6H3,(H,52,54)(H,53,55)(H,48,49,56)(H,50,51,57)/t28-,29-,34-,37-,38+,39+,40+,41?/m1/s1. The third-order valence-corrected chi connectivity index (χ3v) is 12.9. The van der Waals surface area contributed by atoms with E-state index in [9.17, 15) is 9.59 Å². The van der Waals surface area contributed by atoms with Crippen molar-refractivity contribution in [2.75, 3.05) is 10.6 Å². The number of rotatable bonds is 13. The minimum Gasteiger partial charge on any atom is -0.342 e. The molecular weight excluding hydrogens is 765 g/mol. The minimum atomic E-state index is -0.473. The summed E-state index contributed by atoms with van der Waals surface area (Å²) in [5.41, 5.74) is 6.07. The van der Waals surface area contributed by atoms with Crippen LogP contribution in [-0.4, -0.2) is 85.7 Å². The number of H-pyrrole nitrogens is 2. The Balaban J connectivity index is 0.867. The number of nitrogens with zero attached hydrogens (tertiary/aromatic N) is 8. The molecule has 14 heteroatoms. The Morgan fingerprint density at radius 3 is 1.48 bits per heavy atom. The molecule has 2 aromatic carbocycles. The molecule has 2 saturated heterocycles. The molecule has 3 aliphatic rings. The SMILES string of the molecule is CC(C)C(Nc1ncccn1)C(=O)N1[C@@H]2C[C@@H]2C[C@H]1c1ncc(-c2ccc(-c3ccc(-c4cnc([C@@H]5C[C@@H](C)[C@@H](C)N5C(=O)[C@@H](Nc5ncccn5)C(C)C)[nH]4)cc3)cc2)[nH]1. The van der Waals surface area contributed by atoms with Crippen LogP contribution in [0, 0.1) is 23.7 Å². The second-order valence-corrected chi connectivity index (χ2v) is 17.7. The van der Waals surface area contributed by atoms with Crippen LogP contribution in [0.4, 0.5) is 11.9 Å². The van der Waals surface area contributed by atoms with Crippen molar-refractivity contribution in [1.29, 1.82) is 0 Å². The topological polar surface area (TPSA) is 174 Å². The Hall–Kier alpha value is -6.44. The Bertz CT molecular complexity index is 2450. The Morgan fingerprint density at radius 1 is 0.590 bits per heavy atom. The van der Waals surface area contributed by atoms with Gasteiger partial charge in [0.2, 0.25) is 23.7 Å². The molecule has 2 amide bonds. The summed E-state index contributed by atoms with van der Waals surface area (Å²) in [7, 11) is 0. The van der Waals surface area contributed by atoms with Gasteiger partial charge >= 0.3 is 0 Å². The lowest BCUT2D eigenvalue weighted by Gasteiger charge is -2.33. The minimum absolute atomic E-state index is 0.0258. The first kappa shape index (κ1) is 40.0. The number of amides is 2. The highest BCUT2D eigenvalue weighted by atomic mass is 16.2. The number of likely N-dealkylation sites (tertiary alicyclic amines) is 2. The van der Waals surface area contributed by atoms with E-state index < -0.39 is 12.1 Å². The van der Waals surface area contributed by atoms with E-state index in [-0.39, 0.29) is 47.8 Å². The second-order valence-electron chi connectivity index (χ2n) is 17.7. The molecular formula is C47H54N12O2. The van der Waals surface area contributed by atoms with Crippen LogP contribution in [0.1, 0.15) is 84.5 Å². The van der Waals surface area contributed by atoms with Crippen molar-refractivity contribution in [2.45, 2.75) is 97.1 Å². The van der Waals surface area contributed by atoms with Crippen molar-refractivity contribution in [3.05, 3.63) is 109 Å². The van der Waals surface area contributed by atoms with Crippen molar-refractivity contribution in [3.63, 3.8) is 0 Å². The maximum Gasteiger partial charge on any atom is 0.246 e. The molecule has 9 rings (SSSR count). The first-order valence-corrected chi connectivity index (χ1v) is 21.6. The van der Waals surface area contributed by atoms with Gasteiger partial charge in [-0.1, -0.05) is 83.1 Å². The third kappa shape index (κ3) is 7.98. The van der Waals surface area contributed by atoms with E-state index in [1.807, 2.05) is 45.0 Å². The predicted molar refractivity (Wildman–Crippen MR) is 235 cm³/mol. The van der Waals surface area contributed by atoms with Crippen molar-refractivity contribution >= 4 is 23.7 Å². The summed E-state index contributed by atoms with van der Waals surface area (Å²) in [5.74, 6) is 3.51. The molecule has 0 bridgehead atoms. The van der Waals surface area contributed by atoms with E-state index in [1.54, 1.807) is 36.9 Å². The number of hydrogen-bond donors (Lipinski definition) is 4. The van der Waals surface area contributed by atoms with Gasteiger partial charge in [0.15, 0.2) is 0 Å². The zero-order chi connectivity index (χ0) is 42.4. The number of hydrogen-bond acceptors (Lipinski definition) is 10. The van der Waals surface area contributed by atoms with E-state index in [2.05, 4.69) is 108 Å². The Morgan fingerprint density at radius 2 is 1.02 bits per heavy atom. The van der Waals surface area contributed by atoms with Crippen LogP contribution in [-0.2, 0) is 9.59 Å². The number of anilines is 2. The summed E-state index contributed by atoms with van der Waals surface area (Å²) in [6, 6.07) is 19.6. The summed E-state index contributed by atoms with van der Waals surface area (Å²) in [4.78, 5) is 66.4. The third-order valence-electron chi connectivity index (χ3n) is 12.9. The van der Waals surface area contributed by atoms with E-state index in [0.717, 1.165) is 64.6 Å². The number of nitrogens with one attached hydrogen (secondary N) is 4. The van der Waals surface area contributed by atoms with E-state index in [4.69, 9.17) is 9.97 Å². The number of carbonyl (C=O) groups is 2. The number of aromatic nitrogens is 8. The van der Waals surface area contributed by atoms with Crippen molar-refractivity contribution in [2.24, 2.45) is 23.7 Å². The monoisotopic (exact) mass is 818 g/mol. The molecule has 8 atom stereocenters. The molecule has 2 aliphatic heterocycles. The van der Waals surface area contributed by atoms with Crippen LogP contribution in [0.2, 0.25) is 0 Å². The van der Waals surface area contributed by atoms with Gasteiger partial charge in [0.05, 0.1) is 35.9 Å². The van der Waals surface area contributed by atoms with Crippen LogP contribution in [0.25, 0.3) is 33.6 Å². The van der Waals surface area contributed by atoms with Crippen LogP contribution in [0.15, 0.2) is 97.8 Å². The number of piperidine rings is 1. The predicted octanol–water partition coefficient (Wildman–Crippen LogP) is 7.95. The van der Waals surface area contributed by atoms with Gasteiger partial charge in [-0.2, -0.15) is 0 Å². The summed E-state index contributed by atoms with van der Waals surface area (Å²) in [6.07, 6.45) is 13.2. The fraction of sp³-hybridized carbons (Fsp3) is 0.404. The quantitative estimate of drug-likeness (QED) is 0.0896. The number of aromatic amines is 2. The molecule has 314 valence electrons. The molecule has 4 aromatic heterocycles. The average molecular weight is 819 g/mol. The van der Waals surface area contributed by atoms with Gasteiger partial charge in [-0.3, -0.25) is 9.59 Å². The van der Waals surface area contributed by atoms with E-state index in [1.165, 1.54) is 0 Å². The summed E-state index contributed by atoms with van der Waals surface area (Å²) >= 11 is 0. The van der Waals surface area contributed by atoms with Gasteiger partial charge in [-0.25, -0.2) is 29.9 Å². The summed E-state index contributed by atoms with van der Waals surface area (Å²) < 4.78 is 0. The zero-order valence-corrected chi connectivity index (χ0v) is 35.5. The van der Waals surface area contributed by atoms with Gasteiger partial charge in [0.25, 0.3) is 0 Å². The van der Waals surface area contributed by atoms with Gasteiger partial charge in [0, 0.05) is 36.9 Å². The number of imidazole rings is 2. The van der Waals surface area contributed by atoms with Crippen molar-refractivity contribution in [3.8, 4) is 33.6 Å². The molecule has 14 nitrogen and oxygen atoms in total. The highest BCUT2D eigenvalue weighted by Crippen LogP contribution is 2.53. The Kier molecular flexibility index (Phi) is 10.8. The second kappa shape index (κ2) is 16.5. The maximum atomic E-state index is 14.2. The van der Waals surface area contributed by atoms with Crippen molar-refractivity contribution in [1.82, 2.24) is 49.7 Å². The normalized spacial score (nSPS) is 23.0. The smallest absolute Gasteiger partial charge is 0.246 e. The number of fused-ring (bicyclic) bond motifs is 1. The van der Waals surface area contributed by atoms with E-state index in [0.29, 0.717) is 23.7 Å². The highest BCUT2D eigenvalue weighted by Gasteiger charge is 2.56. The molecule has 1 unspecified atom stereocenters. The van der Waals surface area contributed by atoms with Crippen LogP contribution in [0.5, 0.6) is 0 Å². The lowest BCUT2D eigenvalue weighted by atomic mass is 10.0. The first-order chi connectivity index (χ1) is 29.5. The molecule has 0 spiro atoms. The molecule has 0 radical (unpaired) electrons. The lowest BCUT2D eigenvalue weighted by Crippen LogP contribution is -2.48. The molecule has 6 heterocycles. The fourth-order valence-electron chi connectivity index (χ4n) is 9.20. The average Bonchev–Trinajstić information content (AvgIpc) is 3.70. The van der Waals surface area contributed by atoms with Crippen molar-refractivity contribution < 1.29 is 9.59 Å². The largest absolute Gasteiger partial charge is 0.342 e. The van der Waals surface area contributed by atoms with Gasteiger partial charge in [-0.15, -0.1) is 0 Å². The molecule has 6 aromatic rings. The molecule has 1 saturated carbocycles. The zero-order valence-electron chi connectivity index (χ0n) is 35.5. The van der Waals surface area contributed by atoms with E-state index >= 15 is 0 Å². The number of carbonyl (C=O) groups excluding carboxylic acids is 2. The van der Waals surface area contributed by atoms with Gasteiger partial charge < -0.3 is 30.4 Å². The molecule has 4 N–H and O–H groups in total. The Labute approximate surface area is 356 Å². The fourth-order valence-corrected chi connectivity index (χ4v) is 9.20. The summed E-state index contributed by atoms with van der Waals surface area (Å²) in [5, 5.41) is 6.58. The highest BCUT2D eigenvalue weighted by molar-refractivity contribution is 5.86. The number of benzene rings is 2. The van der Waals surface area contributed by atoms with Gasteiger partial charge in [0.1, 0.15) is 23.7 Å². The molecule has 3 fully saturated rings. The van der Waals surface area contributed by atoms with Crippen LogP contribution in [0.3, 0.4) is 0 Å². The maximum absolute atomic E-state index is 14.2.